The Morgan fingerprint density at radius 2 is 1.80 bits per heavy atom. The number of anilines is 1. The number of nitrogens with one attached hydrogen (secondary N) is 3. The Kier molecular flexibility index (Phi) is 8.86. The van der Waals surface area contributed by atoms with Crippen molar-refractivity contribution in [2.75, 3.05) is 25.1 Å². The summed E-state index contributed by atoms with van der Waals surface area (Å²) in [6.07, 6.45) is 2.73. The maximum atomic E-state index is 12.2. The van der Waals surface area contributed by atoms with Crippen molar-refractivity contribution in [3.05, 3.63) is 41.5 Å². The van der Waals surface area contributed by atoms with Crippen LogP contribution in [0.2, 0.25) is 0 Å². The first kappa shape index (κ1) is 23.4. The van der Waals surface area contributed by atoms with Gasteiger partial charge in [-0.15, -0.1) is 0 Å². The number of carbonyl (C=O) groups excluding carboxylic acids is 3. The van der Waals surface area contributed by atoms with Crippen molar-refractivity contribution >= 4 is 23.6 Å². The van der Waals surface area contributed by atoms with Crippen LogP contribution in [0.3, 0.4) is 0 Å². The van der Waals surface area contributed by atoms with Gasteiger partial charge in [0.1, 0.15) is 5.60 Å². The minimum Gasteiger partial charge on any atom is -0.444 e. The predicted molar refractivity (Wildman–Crippen MR) is 114 cm³/mol. The van der Waals surface area contributed by atoms with Gasteiger partial charge in [-0.05, 0) is 45.2 Å². The molecule has 2 rings (SSSR count). The fourth-order valence-electron chi connectivity index (χ4n) is 2.80. The second kappa shape index (κ2) is 11.3. The highest BCUT2D eigenvalue weighted by Gasteiger charge is 2.16. The number of alkyl carbamates (subject to hydrolysis) is 1. The highest BCUT2D eigenvalue weighted by molar-refractivity contribution is 5.92. The van der Waals surface area contributed by atoms with E-state index in [1.807, 2.05) is 18.2 Å². The van der Waals surface area contributed by atoms with E-state index >= 15 is 0 Å². The van der Waals surface area contributed by atoms with Gasteiger partial charge in [-0.1, -0.05) is 23.8 Å². The van der Waals surface area contributed by atoms with Crippen molar-refractivity contribution in [3.63, 3.8) is 0 Å². The third-order valence-corrected chi connectivity index (χ3v) is 4.24. The molecule has 1 heterocycles. The van der Waals surface area contributed by atoms with Crippen LogP contribution in [-0.4, -0.2) is 43.3 Å². The molecule has 0 bridgehead atoms. The molecule has 1 fully saturated rings. The summed E-state index contributed by atoms with van der Waals surface area (Å²) < 4.78 is 10.4. The third-order valence-electron chi connectivity index (χ3n) is 4.24. The van der Waals surface area contributed by atoms with Crippen LogP contribution in [0.1, 0.15) is 45.6 Å². The average molecular weight is 418 g/mol. The summed E-state index contributed by atoms with van der Waals surface area (Å²) in [5, 5.41) is 8.24. The lowest BCUT2D eigenvalue weighted by atomic mass is 10.1. The number of hydrogen-bond acceptors (Lipinski definition) is 5. The first-order valence-electron chi connectivity index (χ1n) is 10.1. The molecule has 0 saturated carbocycles. The topological polar surface area (TPSA) is 106 Å². The number of hydrogen-bond donors (Lipinski definition) is 3. The van der Waals surface area contributed by atoms with E-state index < -0.39 is 11.7 Å². The summed E-state index contributed by atoms with van der Waals surface area (Å²) in [6.45, 7) is 7.08. The van der Waals surface area contributed by atoms with Crippen LogP contribution in [0.5, 0.6) is 0 Å². The molecule has 3 amide bonds. The second-order valence-corrected chi connectivity index (χ2v) is 8.02. The number of rotatable bonds is 7. The lowest BCUT2D eigenvalue weighted by Crippen LogP contribution is -2.34. The molecule has 1 aliphatic heterocycles. The van der Waals surface area contributed by atoms with Gasteiger partial charge < -0.3 is 25.4 Å². The summed E-state index contributed by atoms with van der Waals surface area (Å²) in [5.74, 6) is -0.399. The minimum atomic E-state index is -0.587. The summed E-state index contributed by atoms with van der Waals surface area (Å²) >= 11 is 0. The van der Waals surface area contributed by atoms with Crippen molar-refractivity contribution in [1.82, 2.24) is 10.6 Å². The lowest BCUT2D eigenvalue weighted by molar-refractivity contribution is -0.117. The first-order valence-corrected chi connectivity index (χ1v) is 10.1. The molecule has 0 radical (unpaired) electrons. The number of para-hydroxylation sites is 1. The van der Waals surface area contributed by atoms with Crippen molar-refractivity contribution in [2.24, 2.45) is 0 Å². The molecule has 0 unspecified atom stereocenters. The molecule has 8 heteroatoms. The number of amides is 3. The number of carbonyl (C=O) groups is 3. The number of benzene rings is 1. The molecule has 0 aromatic heterocycles. The third kappa shape index (κ3) is 9.09. The van der Waals surface area contributed by atoms with Gasteiger partial charge >= 0.3 is 6.09 Å². The molecule has 8 nitrogen and oxygen atoms in total. The summed E-state index contributed by atoms with van der Waals surface area (Å²) in [7, 11) is 0. The van der Waals surface area contributed by atoms with Crippen molar-refractivity contribution < 1.29 is 23.9 Å². The zero-order valence-corrected chi connectivity index (χ0v) is 17.9. The largest absolute Gasteiger partial charge is 0.444 e. The van der Waals surface area contributed by atoms with Crippen LogP contribution in [0.4, 0.5) is 10.5 Å². The molecule has 1 saturated heterocycles. The first-order chi connectivity index (χ1) is 14.2. The molecule has 1 aromatic carbocycles. The van der Waals surface area contributed by atoms with Gasteiger partial charge in [0.25, 0.3) is 0 Å². The monoisotopic (exact) mass is 417 g/mol. The molecule has 30 heavy (non-hydrogen) atoms. The second-order valence-electron chi connectivity index (χ2n) is 8.02. The van der Waals surface area contributed by atoms with Crippen molar-refractivity contribution in [1.29, 1.82) is 0 Å². The zero-order valence-electron chi connectivity index (χ0n) is 17.9. The van der Waals surface area contributed by atoms with Crippen LogP contribution in [-0.2, 0) is 25.6 Å². The molecule has 164 valence electrons. The van der Waals surface area contributed by atoms with Crippen LogP contribution in [0, 0.1) is 0 Å². The van der Waals surface area contributed by atoms with Crippen molar-refractivity contribution in [3.8, 4) is 0 Å². The fraction of sp³-hybridized carbons (Fsp3) is 0.500. The van der Waals surface area contributed by atoms with Gasteiger partial charge in [-0.2, -0.15) is 0 Å². The summed E-state index contributed by atoms with van der Waals surface area (Å²) in [6, 6.07) is 7.27. The van der Waals surface area contributed by atoms with Gasteiger partial charge in [0.2, 0.25) is 11.8 Å². The molecule has 1 aliphatic rings. The standard InChI is InChI=1S/C22H31N3O5/c1-22(2,3)30-21(28)23-11-8-19(26)25-18-7-5-4-6-17(18)15-24-20(27)14-16-9-12-29-13-10-16/h4-7,14H,8-13,15H2,1-3H3,(H,23,28)(H,24,27)(H,25,26). The minimum absolute atomic E-state index is 0.105. The van der Waals surface area contributed by atoms with Crippen molar-refractivity contribution in [2.45, 2.75) is 52.2 Å². The van der Waals surface area contributed by atoms with Crippen LogP contribution < -0.4 is 16.0 Å². The molecular formula is C22H31N3O5. The van der Waals surface area contributed by atoms with Crippen LogP contribution >= 0.6 is 0 Å². The van der Waals surface area contributed by atoms with Gasteiger partial charge in [0.05, 0.1) is 13.2 Å². The zero-order chi connectivity index (χ0) is 22.0. The average Bonchev–Trinajstić information content (AvgIpc) is 2.66. The molecule has 0 aliphatic carbocycles. The SMILES string of the molecule is CC(C)(C)OC(=O)NCCC(=O)Nc1ccccc1CNC(=O)C=C1CCOCC1. The smallest absolute Gasteiger partial charge is 0.407 e. The van der Waals surface area contributed by atoms with Crippen LogP contribution in [0.25, 0.3) is 0 Å². The Hall–Kier alpha value is -2.87. The van der Waals surface area contributed by atoms with Gasteiger partial charge in [0, 0.05) is 31.3 Å². The Balaban J connectivity index is 1.80. The van der Waals surface area contributed by atoms with Gasteiger partial charge in [-0.25, -0.2) is 4.79 Å². The van der Waals surface area contributed by atoms with E-state index in [1.165, 1.54) is 0 Å². The van der Waals surface area contributed by atoms with E-state index in [2.05, 4.69) is 16.0 Å². The van der Waals surface area contributed by atoms with E-state index in [-0.39, 0.29) is 24.8 Å². The summed E-state index contributed by atoms with van der Waals surface area (Å²) in [5.41, 5.74) is 1.91. The fourth-order valence-corrected chi connectivity index (χ4v) is 2.80. The van der Waals surface area contributed by atoms with E-state index in [4.69, 9.17) is 9.47 Å². The van der Waals surface area contributed by atoms with Gasteiger partial charge in [0.15, 0.2) is 0 Å². The van der Waals surface area contributed by atoms with E-state index in [0.717, 1.165) is 24.0 Å². The summed E-state index contributed by atoms with van der Waals surface area (Å²) in [4.78, 5) is 36.0. The highest BCUT2D eigenvalue weighted by atomic mass is 16.6. The Labute approximate surface area is 177 Å². The Morgan fingerprint density at radius 1 is 1.10 bits per heavy atom. The van der Waals surface area contributed by atoms with E-state index in [9.17, 15) is 14.4 Å². The van der Waals surface area contributed by atoms with E-state index in [1.54, 1.807) is 32.9 Å². The lowest BCUT2D eigenvalue weighted by Gasteiger charge is -2.19. The quantitative estimate of drug-likeness (QED) is 0.592. The molecular weight excluding hydrogens is 386 g/mol. The maximum absolute atomic E-state index is 12.2. The Bertz CT molecular complexity index is 775. The molecule has 1 aromatic rings. The number of ether oxygens (including phenoxy) is 2. The molecule has 0 spiro atoms. The normalized spacial score (nSPS) is 13.9. The predicted octanol–water partition coefficient (Wildman–Crippen LogP) is 2.89. The van der Waals surface area contributed by atoms with Gasteiger partial charge in [-0.3, -0.25) is 9.59 Å². The maximum Gasteiger partial charge on any atom is 0.407 e. The molecule has 0 atom stereocenters. The molecule has 3 N–H and O–H groups in total. The Morgan fingerprint density at radius 3 is 2.50 bits per heavy atom. The van der Waals surface area contributed by atoms with Crippen LogP contribution in [0.15, 0.2) is 35.9 Å². The highest BCUT2D eigenvalue weighted by Crippen LogP contribution is 2.16. The van der Waals surface area contributed by atoms with E-state index in [0.29, 0.717) is 25.4 Å².